The van der Waals surface area contributed by atoms with Crippen LogP contribution in [0.25, 0.3) is 27.6 Å². The van der Waals surface area contributed by atoms with Crippen molar-refractivity contribution in [2.75, 3.05) is 9.80 Å². The second kappa shape index (κ2) is 13.0. The number of para-hydroxylation sites is 1. The number of ether oxygens (including phenoxy) is 1. The monoisotopic (exact) mass is 836 g/mol. The minimum Gasteiger partial charge on any atom is -0.509 e. The van der Waals surface area contributed by atoms with Gasteiger partial charge in [-0.25, -0.2) is 9.97 Å². The summed E-state index contributed by atoms with van der Waals surface area (Å²) < 4.78 is 8.66. The summed E-state index contributed by atoms with van der Waals surface area (Å²) in [6.45, 7) is 15.2. The van der Waals surface area contributed by atoms with Gasteiger partial charge in [-0.3, -0.25) is 4.98 Å². The van der Waals surface area contributed by atoms with Crippen LogP contribution in [0.5, 0.6) is 11.5 Å². The minimum absolute atomic E-state index is 0. The second-order valence-electron chi connectivity index (χ2n) is 13.9. The van der Waals surface area contributed by atoms with Gasteiger partial charge in [-0.05, 0) is 64.6 Å². The number of aryl methyl sites for hydroxylation is 1. The molecule has 8 heteroatoms. The van der Waals surface area contributed by atoms with E-state index < -0.39 is 0 Å². The number of pyridine rings is 3. The molecule has 4 aromatic heterocycles. The Morgan fingerprint density at radius 1 is 0.780 bits per heavy atom. The van der Waals surface area contributed by atoms with Gasteiger partial charge in [-0.15, -0.1) is 48.1 Å². The van der Waals surface area contributed by atoms with E-state index in [4.69, 9.17) is 14.7 Å². The maximum atomic E-state index is 6.49. The molecule has 8 rings (SSSR count). The molecule has 0 N–H and O–H groups in total. The molecular weight excluding hydrogens is 800 g/mol. The zero-order chi connectivity index (χ0) is 33.9. The molecule has 0 saturated heterocycles. The molecule has 0 amide bonds. The van der Waals surface area contributed by atoms with Gasteiger partial charge >= 0.3 is 0 Å². The van der Waals surface area contributed by atoms with Gasteiger partial charge in [0.05, 0.1) is 5.69 Å². The van der Waals surface area contributed by atoms with E-state index in [1.54, 1.807) is 0 Å². The van der Waals surface area contributed by atoms with Crippen molar-refractivity contribution in [3.63, 3.8) is 0 Å². The topological polar surface area (TPSA) is 59.3 Å². The van der Waals surface area contributed by atoms with E-state index in [1.807, 2.05) is 55.1 Å². The summed E-state index contributed by atoms with van der Waals surface area (Å²) in [5, 5.41) is 2.23. The van der Waals surface area contributed by atoms with Crippen LogP contribution < -0.4 is 14.5 Å². The zero-order valence-electron chi connectivity index (χ0n) is 28.9. The van der Waals surface area contributed by atoms with E-state index >= 15 is 0 Å². The third-order valence-electron chi connectivity index (χ3n) is 9.04. The number of aromatic nitrogens is 4. The quantitative estimate of drug-likeness (QED) is 0.156. The fraction of sp³-hybridized carbons (Fsp3) is 0.190. The van der Waals surface area contributed by atoms with Crippen LogP contribution in [0.4, 0.5) is 22.9 Å². The first-order valence-electron chi connectivity index (χ1n) is 16.6. The molecular formula is C42H37N6OPt-3. The molecule has 0 spiro atoms. The summed E-state index contributed by atoms with van der Waals surface area (Å²) in [6.07, 6.45) is 7.50. The summed E-state index contributed by atoms with van der Waals surface area (Å²) in [5.41, 5.74) is 8.28. The Morgan fingerprint density at radius 3 is 2.42 bits per heavy atom. The Labute approximate surface area is 307 Å². The first-order chi connectivity index (χ1) is 23.7. The summed E-state index contributed by atoms with van der Waals surface area (Å²) in [5.74, 6) is 3.24. The van der Waals surface area contributed by atoms with Crippen molar-refractivity contribution < 1.29 is 25.8 Å². The smallest absolute Gasteiger partial charge is 0.135 e. The number of benzene rings is 3. The average Bonchev–Trinajstić information content (AvgIpc) is 3.64. The van der Waals surface area contributed by atoms with Gasteiger partial charge in [0.15, 0.2) is 0 Å². The number of hydrogen-bond acceptors (Lipinski definition) is 6. The summed E-state index contributed by atoms with van der Waals surface area (Å²) >= 11 is 0. The number of anilines is 4. The van der Waals surface area contributed by atoms with Gasteiger partial charge < -0.3 is 19.1 Å². The molecule has 0 atom stereocenters. The standard InChI is InChI=1S/C42H37N6O.Pt/c1-27(2)35-20-28(3)24-45-41(35)47-26-46(39-25-43-18-17-37(39)47)30-10-9-11-31(22-30)49-32-14-15-34-33-12-7-8-13-36(33)48(38(34)23-32)40-21-29(16-19-44-40)42(4,5)6;/h7-21,24-27H,1-6H3;/q-3;. The van der Waals surface area contributed by atoms with E-state index in [-0.39, 0.29) is 26.5 Å². The molecule has 254 valence electrons. The summed E-state index contributed by atoms with van der Waals surface area (Å²) in [6, 6.07) is 34.0. The van der Waals surface area contributed by atoms with Gasteiger partial charge in [0.2, 0.25) is 0 Å². The molecule has 3 aromatic carbocycles. The third-order valence-corrected chi connectivity index (χ3v) is 9.04. The number of fused-ring (bicyclic) bond motifs is 4. The Balaban J connectivity index is 0.00000392. The first-order valence-corrected chi connectivity index (χ1v) is 16.6. The van der Waals surface area contributed by atoms with E-state index in [2.05, 4.69) is 128 Å². The van der Waals surface area contributed by atoms with Crippen molar-refractivity contribution in [1.29, 1.82) is 0 Å². The van der Waals surface area contributed by atoms with Crippen molar-refractivity contribution >= 4 is 44.7 Å². The molecule has 0 bridgehead atoms. The maximum absolute atomic E-state index is 6.49. The van der Waals surface area contributed by atoms with Crippen LogP contribution in [0, 0.1) is 25.7 Å². The molecule has 0 unspecified atom stereocenters. The predicted octanol–water partition coefficient (Wildman–Crippen LogP) is 10.5. The van der Waals surface area contributed by atoms with Gasteiger partial charge in [0.25, 0.3) is 0 Å². The molecule has 7 nitrogen and oxygen atoms in total. The van der Waals surface area contributed by atoms with Crippen LogP contribution >= 0.6 is 0 Å². The van der Waals surface area contributed by atoms with E-state index in [0.717, 1.165) is 56.1 Å². The van der Waals surface area contributed by atoms with Gasteiger partial charge in [-0.2, -0.15) is 12.1 Å². The fourth-order valence-corrected chi connectivity index (χ4v) is 6.51. The summed E-state index contributed by atoms with van der Waals surface area (Å²) in [4.78, 5) is 18.3. The van der Waals surface area contributed by atoms with Crippen molar-refractivity contribution in [2.45, 2.75) is 52.9 Å². The zero-order valence-corrected chi connectivity index (χ0v) is 31.1. The first kappa shape index (κ1) is 33.5. The van der Waals surface area contributed by atoms with Crippen LogP contribution in [0.3, 0.4) is 0 Å². The fourth-order valence-electron chi connectivity index (χ4n) is 6.51. The van der Waals surface area contributed by atoms with E-state index in [1.165, 1.54) is 11.1 Å². The Kier molecular flexibility index (Phi) is 8.73. The molecule has 0 radical (unpaired) electrons. The van der Waals surface area contributed by atoms with Crippen molar-refractivity contribution in [3.8, 4) is 17.3 Å². The Morgan fingerprint density at radius 2 is 1.60 bits per heavy atom. The van der Waals surface area contributed by atoms with Crippen LogP contribution in [-0.2, 0) is 26.5 Å². The Bertz CT molecular complexity index is 2360. The SMILES string of the molecule is Cc1cnc(N2[CH-]N(c3[c-]c(Oc4[c-]c5c(cc4)c4ccccc4n5-c4cc(C(C)(C)C)ccn4)ccc3)c3cnccc32)c(C(C)C)c1.[Pt]. The average molecular weight is 837 g/mol. The Hall–Kier alpha value is -5.00. The summed E-state index contributed by atoms with van der Waals surface area (Å²) in [7, 11) is 0. The van der Waals surface area contributed by atoms with E-state index in [0.29, 0.717) is 17.4 Å². The maximum Gasteiger partial charge on any atom is 0.135 e. The number of hydrogen-bond donors (Lipinski definition) is 0. The van der Waals surface area contributed by atoms with Crippen LogP contribution in [0.15, 0.2) is 104 Å². The van der Waals surface area contributed by atoms with Crippen LogP contribution in [-0.4, -0.2) is 19.5 Å². The van der Waals surface area contributed by atoms with Crippen LogP contribution in [0.2, 0.25) is 0 Å². The predicted molar refractivity (Wildman–Crippen MR) is 197 cm³/mol. The minimum atomic E-state index is -0.0109. The normalized spacial score (nSPS) is 12.9. The van der Waals surface area contributed by atoms with Crippen molar-refractivity contribution in [1.82, 2.24) is 19.5 Å². The van der Waals surface area contributed by atoms with Crippen molar-refractivity contribution in [3.05, 3.63) is 139 Å². The molecule has 7 aromatic rings. The van der Waals surface area contributed by atoms with E-state index in [9.17, 15) is 0 Å². The number of nitrogens with zero attached hydrogens (tertiary/aromatic N) is 6. The largest absolute Gasteiger partial charge is 0.509 e. The molecule has 50 heavy (non-hydrogen) atoms. The van der Waals surface area contributed by atoms with Crippen molar-refractivity contribution in [2.24, 2.45) is 0 Å². The molecule has 1 aliphatic rings. The van der Waals surface area contributed by atoms with Crippen LogP contribution in [0.1, 0.15) is 57.2 Å². The molecule has 0 aliphatic carbocycles. The molecule has 1 aliphatic heterocycles. The second-order valence-corrected chi connectivity index (χ2v) is 13.9. The van der Waals surface area contributed by atoms with Gasteiger partial charge in [0, 0.05) is 68.6 Å². The van der Waals surface area contributed by atoms with Gasteiger partial charge in [-0.1, -0.05) is 64.4 Å². The molecule has 5 heterocycles. The van der Waals surface area contributed by atoms with Gasteiger partial charge in [0.1, 0.15) is 11.6 Å². The molecule has 0 fully saturated rings. The third kappa shape index (κ3) is 5.94. The number of rotatable bonds is 6. The molecule has 0 saturated carbocycles.